The highest BCUT2D eigenvalue weighted by molar-refractivity contribution is 5.23. The van der Waals surface area contributed by atoms with Gasteiger partial charge < -0.3 is 5.73 Å². The maximum Gasteiger partial charge on any atom is 0.00766 e. The van der Waals surface area contributed by atoms with Crippen LogP contribution in [-0.2, 0) is 0 Å². The topological polar surface area (TPSA) is 26.0 Å². The Morgan fingerprint density at radius 2 is 2.15 bits per heavy atom. The Bertz CT molecular complexity index is 189. The van der Waals surface area contributed by atoms with E-state index in [0.717, 1.165) is 19.3 Å². The highest BCUT2D eigenvalue weighted by Gasteiger charge is 2.00. The lowest BCUT2D eigenvalue weighted by atomic mass is 10.0. The molecule has 0 aliphatic heterocycles. The van der Waals surface area contributed by atoms with Crippen molar-refractivity contribution in [3.05, 3.63) is 36.5 Å². The van der Waals surface area contributed by atoms with Gasteiger partial charge in [-0.1, -0.05) is 44.7 Å². The fraction of sp³-hybridized carbons (Fsp3) is 0.500. The molecule has 74 valence electrons. The molecule has 0 saturated carbocycles. The molecule has 0 heterocycles. The average molecular weight is 179 g/mol. The molecule has 1 nitrogen and oxygen atoms in total. The molecule has 0 aliphatic rings. The zero-order valence-electron chi connectivity index (χ0n) is 8.79. The van der Waals surface area contributed by atoms with Crippen LogP contribution in [0.2, 0.25) is 0 Å². The van der Waals surface area contributed by atoms with E-state index < -0.39 is 0 Å². The zero-order chi connectivity index (χ0) is 10.1. The first-order chi connectivity index (χ1) is 6.24. The van der Waals surface area contributed by atoms with Crippen molar-refractivity contribution >= 4 is 0 Å². The summed E-state index contributed by atoms with van der Waals surface area (Å²) in [5.41, 5.74) is 7.14. The van der Waals surface area contributed by atoms with E-state index in [0.29, 0.717) is 0 Å². The normalized spacial score (nSPS) is 14.8. The van der Waals surface area contributed by atoms with Crippen LogP contribution in [0.4, 0.5) is 0 Å². The van der Waals surface area contributed by atoms with Crippen LogP contribution in [0, 0.1) is 0 Å². The molecule has 0 fully saturated rings. The number of allylic oxidation sites excluding steroid dienone is 4. The second-order valence-corrected chi connectivity index (χ2v) is 3.16. The first-order valence-corrected chi connectivity index (χ1v) is 4.98. The van der Waals surface area contributed by atoms with Crippen molar-refractivity contribution in [2.75, 3.05) is 0 Å². The first-order valence-electron chi connectivity index (χ1n) is 4.98. The average Bonchev–Trinajstić information content (AvgIpc) is 2.14. The fourth-order valence-corrected chi connectivity index (χ4v) is 1.06. The molecule has 0 aromatic rings. The van der Waals surface area contributed by atoms with E-state index in [2.05, 4.69) is 32.6 Å². The maximum atomic E-state index is 5.87. The van der Waals surface area contributed by atoms with E-state index in [1.165, 1.54) is 5.57 Å². The van der Waals surface area contributed by atoms with Gasteiger partial charge in [0.1, 0.15) is 0 Å². The molecule has 0 amide bonds. The zero-order valence-corrected chi connectivity index (χ0v) is 8.79. The van der Waals surface area contributed by atoms with Gasteiger partial charge in [0.15, 0.2) is 0 Å². The Morgan fingerprint density at radius 1 is 1.46 bits per heavy atom. The molecular weight excluding hydrogens is 158 g/mol. The minimum Gasteiger partial charge on any atom is -0.327 e. The molecule has 0 unspecified atom stereocenters. The Hall–Kier alpha value is -0.820. The van der Waals surface area contributed by atoms with Crippen molar-refractivity contribution in [1.82, 2.24) is 0 Å². The summed E-state index contributed by atoms with van der Waals surface area (Å²) in [6.07, 6.45) is 11.2. The van der Waals surface area contributed by atoms with Gasteiger partial charge in [-0.15, -0.1) is 0 Å². The van der Waals surface area contributed by atoms with Gasteiger partial charge in [-0.3, -0.25) is 0 Å². The molecule has 1 heteroatoms. The lowest BCUT2D eigenvalue weighted by Crippen LogP contribution is -2.18. The molecule has 0 saturated heterocycles. The highest BCUT2D eigenvalue weighted by Crippen LogP contribution is 2.08. The maximum absolute atomic E-state index is 5.87. The quantitative estimate of drug-likeness (QED) is 0.623. The van der Waals surface area contributed by atoms with Crippen molar-refractivity contribution in [1.29, 1.82) is 0 Å². The Kier molecular flexibility index (Phi) is 7.32. The van der Waals surface area contributed by atoms with Crippen molar-refractivity contribution < 1.29 is 0 Å². The lowest BCUT2D eigenvalue weighted by Gasteiger charge is -2.08. The minimum absolute atomic E-state index is 0.271. The number of hydrogen-bond acceptors (Lipinski definition) is 1. The number of rotatable bonds is 6. The molecule has 0 aliphatic carbocycles. The standard InChI is InChI=1S/C12H21N/c1-4-7-9-11(8-5-2)10-12(13)6-3/h5,7-9,12H,2,4,6,10,13H2,1,3H3/b9-7-,11-8+/t12-/m0/s1. The van der Waals surface area contributed by atoms with E-state index in [-0.39, 0.29) is 6.04 Å². The Balaban J connectivity index is 4.18. The van der Waals surface area contributed by atoms with Crippen LogP contribution in [0.3, 0.4) is 0 Å². The summed E-state index contributed by atoms with van der Waals surface area (Å²) in [4.78, 5) is 0. The van der Waals surface area contributed by atoms with Crippen LogP contribution in [0.5, 0.6) is 0 Å². The molecular formula is C12H21N. The number of nitrogens with two attached hydrogens (primary N) is 1. The van der Waals surface area contributed by atoms with Crippen LogP contribution in [0.1, 0.15) is 33.1 Å². The SMILES string of the molecule is C=C/C=C(\C=C/CC)C[C@@H](N)CC. The smallest absolute Gasteiger partial charge is 0.00766 e. The molecule has 0 radical (unpaired) electrons. The monoisotopic (exact) mass is 179 g/mol. The Labute approximate surface area is 82.0 Å². The molecule has 0 aromatic carbocycles. The summed E-state index contributed by atoms with van der Waals surface area (Å²) < 4.78 is 0. The van der Waals surface area contributed by atoms with Crippen molar-refractivity contribution in [2.24, 2.45) is 5.73 Å². The van der Waals surface area contributed by atoms with E-state index in [9.17, 15) is 0 Å². The van der Waals surface area contributed by atoms with Gasteiger partial charge in [0.2, 0.25) is 0 Å². The summed E-state index contributed by atoms with van der Waals surface area (Å²) in [6, 6.07) is 0.271. The van der Waals surface area contributed by atoms with E-state index in [1.54, 1.807) is 0 Å². The predicted octanol–water partition coefficient (Wildman–Crippen LogP) is 3.19. The molecule has 0 aromatic heterocycles. The molecule has 2 N–H and O–H groups in total. The van der Waals surface area contributed by atoms with Gasteiger partial charge in [0.05, 0.1) is 0 Å². The van der Waals surface area contributed by atoms with Gasteiger partial charge in [-0.25, -0.2) is 0 Å². The highest BCUT2D eigenvalue weighted by atomic mass is 14.6. The van der Waals surface area contributed by atoms with E-state index in [1.807, 2.05) is 12.2 Å². The molecule has 1 atom stereocenters. The first kappa shape index (κ1) is 12.2. The van der Waals surface area contributed by atoms with Crippen molar-refractivity contribution in [3.63, 3.8) is 0 Å². The van der Waals surface area contributed by atoms with Gasteiger partial charge in [0.25, 0.3) is 0 Å². The third-order valence-corrected chi connectivity index (χ3v) is 1.92. The predicted molar refractivity (Wildman–Crippen MR) is 60.6 cm³/mol. The van der Waals surface area contributed by atoms with E-state index >= 15 is 0 Å². The summed E-state index contributed by atoms with van der Waals surface area (Å²) in [5, 5.41) is 0. The number of hydrogen-bond donors (Lipinski definition) is 1. The van der Waals surface area contributed by atoms with Crippen LogP contribution >= 0.6 is 0 Å². The van der Waals surface area contributed by atoms with Crippen LogP contribution in [-0.4, -0.2) is 6.04 Å². The molecule has 0 rings (SSSR count). The van der Waals surface area contributed by atoms with Gasteiger partial charge in [-0.2, -0.15) is 0 Å². The van der Waals surface area contributed by atoms with Crippen molar-refractivity contribution in [2.45, 2.75) is 39.2 Å². The molecule has 0 spiro atoms. The van der Waals surface area contributed by atoms with Crippen LogP contribution in [0.15, 0.2) is 36.5 Å². The second-order valence-electron chi connectivity index (χ2n) is 3.16. The van der Waals surface area contributed by atoms with Crippen LogP contribution < -0.4 is 5.73 Å². The molecule has 13 heavy (non-hydrogen) atoms. The molecule has 0 bridgehead atoms. The Morgan fingerprint density at radius 3 is 2.62 bits per heavy atom. The lowest BCUT2D eigenvalue weighted by molar-refractivity contribution is 0.648. The van der Waals surface area contributed by atoms with Gasteiger partial charge >= 0.3 is 0 Å². The van der Waals surface area contributed by atoms with Crippen molar-refractivity contribution in [3.8, 4) is 0 Å². The third kappa shape index (κ3) is 6.35. The fourth-order valence-electron chi connectivity index (χ4n) is 1.06. The summed E-state index contributed by atoms with van der Waals surface area (Å²) in [7, 11) is 0. The van der Waals surface area contributed by atoms with Crippen LogP contribution in [0.25, 0.3) is 0 Å². The summed E-state index contributed by atoms with van der Waals surface area (Å²) >= 11 is 0. The minimum atomic E-state index is 0.271. The summed E-state index contributed by atoms with van der Waals surface area (Å²) in [6.45, 7) is 7.93. The van der Waals surface area contributed by atoms with E-state index in [4.69, 9.17) is 5.73 Å². The van der Waals surface area contributed by atoms with Gasteiger partial charge in [-0.05, 0) is 24.8 Å². The summed E-state index contributed by atoms with van der Waals surface area (Å²) in [5.74, 6) is 0. The second kappa shape index (κ2) is 7.81. The third-order valence-electron chi connectivity index (χ3n) is 1.92. The van der Waals surface area contributed by atoms with Gasteiger partial charge in [0, 0.05) is 6.04 Å². The largest absolute Gasteiger partial charge is 0.327 e.